The fraction of sp³-hybridized carbons (Fsp3) is 0.391. The molecule has 0 saturated carbocycles. The van der Waals surface area contributed by atoms with E-state index in [0.29, 0.717) is 5.92 Å². The van der Waals surface area contributed by atoms with Crippen LogP contribution in [0.15, 0.2) is 127 Å². The number of fused-ring (bicyclic) bond motifs is 8. The van der Waals surface area contributed by atoms with Crippen LogP contribution in [-0.2, 0) is 32.5 Å². The van der Waals surface area contributed by atoms with E-state index < -0.39 is 0 Å². The van der Waals surface area contributed by atoms with Gasteiger partial charge in [-0.1, -0.05) is 170 Å². The van der Waals surface area contributed by atoms with Crippen molar-refractivity contribution in [3.05, 3.63) is 177 Å². The van der Waals surface area contributed by atoms with Gasteiger partial charge in [-0.2, -0.15) is 0 Å². The molecule has 0 bridgehead atoms. The molecule has 12 rings (SSSR count). The molecule has 4 heteroatoms. The number of rotatable bonds is 4. The maximum atomic E-state index is 2.76. The average molecular weight is 977 g/mol. The van der Waals surface area contributed by atoms with Crippen LogP contribution in [0.5, 0.6) is 0 Å². The van der Waals surface area contributed by atoms with Crippen molar-refractivity contribution in [2.45, 2.75) is 174 Å². The Morgan fingerprint density at radius 2 is 1.15 bits per heavy atom. The Bertz CT molecular complexity index is 3490. The molecule has 1 unspecified atom stereocenters. The first kappa shape index (κ1) is 48.4. The molecule has 0 spiro atoms. The summed E-state index contributed by atoms with van der Waals surface area (Å²) in [4.78, 5) is 5.48. The van der Waals surface area contributed by atoms with Crippen molar-refractivity contribution in [3.63, 3.8) is 0 Å². The molecule has 0 fully saturated rings. The summed E-state index contributed by atoms with van der Waals surface area (Å²) in [5.74, 6) is 0.300. The van der Waals surface area contributed by atoms with E-state index in [-0.39, 0.29) is 39.2 Å². The summed E-state index contributed by atoms with van der Waals surface area (Å²) in [6.45, 7) is 36.5. The summed E-state index contributed by atoms with van der Waals surface area (Å²) in [6, 6.07) is 44.1. The summed E-state index contributed by atoms with van der Waals surface area (Å²) < 4.78 is 2.81. The third kappa shape index (κ3) is 7.68. The lowest BCUT2D eigenvalue weighted by Crippen LogP contribution is -2.61. The fourth-order valence-electron chi connectivity index (χ4n) is 13.7. The van der Waals surface area contributed by atoms with Gasteiger partial charge in [0.2, 0.25) is 0 Å². The Balaban J connectivity index is 1.19. The minimum atomic E-state index is -0.0289. The summed E-state index contributed by atoms with van der Waals surface area (Å²) >= 11 is 2.04. The molecule has 73 heavy (non-hydrogen) atoms. The number of thiophene rings is 1. The summed E-state index contributed by atoms with van der Waals surface area (Å²) in [5, 5.41) is 1.36. The molecule has 1 aromatic heterocycles. The SMILES string of the molecule is Cc1cc2c3c(c1)N(c1ccc(C(C)(C)C)cc1C1=CC=CC(c4ccccc4)C1)c1c(sc4ccc(C(C)(C)C)cc14)B3c1cc3c(cc1N2c1ccc2c(c1)C(C)(C)CCC2(C)C)C(C)(C)CCC3(C)C. The Hall–Kier alpha value is -5.58. The van der Waals surface area contributed by atoms with Gasteiger partial charge >= 0.3 is 0 Å². The van der Waals surface area contributed by atoms with Gasteiger partial charge in [-0.3, -0.25) is 0 Å². The Kier molecular flexibility index (Phi) is 10.7. The van der Waals surface area contributed by atoms with Crippen LogP contribution >= 0.6 is 11.3 Å². The molecule has 6 aromatic carbocycles. The van der Waals surface area contributed by atoms with Crippen molar-refractivity contribution >= 4 is 83.5 Å². The molecule has 2 nitrogen and oxygen atoms in total. The van der Waals surface area contributed by atoms with Gasteiger partial charge in [-0.05, 0) is 187 Å². The molecule has 7 aromatic rings. The van der Waals surface area contributed by atoms with Crippen LogP contribution in [0, 0.1) is 6.92 Å². The predicted octanol–water partition coefficient (Wildman–Crippen LogP) is 17.7. The van der Waals surface area contributed by atoms with Crippen molar-refractivity contribution < 1.29 is 0 Å². The van der Waals surface area contributed by atoms with Crippen molar-refractivity contribution in [2.75, 3.05) is 9.80 Å². The molecule has 3 aliphatic carbocycles. The second-order valence-electron chi connectivity index (χ2n) is 27.6. The van der Waals surface area contributed by atoms with Crippen molar-refractivity contribution in [3.8, 4) is 0 Å². The Morgan fingerprint density at radius 1 is 0.562 bits per heavy atom. The number of benzene rings is 6. The highest BCUT2D eigenvalue weighted by Gasteiger charge is 2.49. The van der Waals surface area contributed by atoms with Gasteiger partial charge in [0.25, 0.3) is 6.71 Å². The second kappa shape index (κ2) is 16.2. The van der Waals surface area contributed by atoms with E-state index in [1.165, 1.54) is 141 Å². The zero-order valence-electron chi connectivity index (χ0n) is 46.6. The van der Waals surface area contributed by atoms with Gasteiger partial charge in [0.15, 0.2) is 0 Å². The van der Waals surface area contributed by atoms with E-state index >= 15 is 0 Å². The molecular formula is C69H77BN2S. The normalized spacial score (nSPS) is 20.0. The summed E-state index contributed by atoms with van der Waals surface area (Å²) in [5.41, 5.74) is 25.1. The topological polar surface area (TPSA) is 6.48 Å². The van der Waals surface area contributed by atoms with Crippen LogP contribution in [0.1, 0.15) is 185 Å². The van der Waals surface area contributed by atoms with Crippen molar-refractivity contribution in [1.82, 2.24) is 0 Å². The van der Waals surface area contributed by atoms with Gasteiger partial charge in [0.05, 0.1) is 11.4 Å². The van der Waals surface area contributed by atoms with Crippen LogP contribution in [0.3, 0.4) is 0 Å². The number of hydrogen-bond acceptors (Lipinski definition) is 3. The van der Waals surface area contributed by atoms with Crippen molar-refractivity contribution in [2.24, 2.45) is 0 Å². The molecule has 1 atom stereocenters. The first-order valence-electron chi connectivity index (χ1n) is 27.6. The highest BCUT2D eigenvalue weighted by molar-refractivity contribution is 7.33. The Labute approximate surface area is 442 Å². The minimum absolute atomic E-state index is 0.0105. The van der Waals surface area contributed by atoms with Crippen LogP contribution < -0.4 is 25.5 Å². The lowest BCUT2D eigenvalue weighted by atomic mass is 9.35. The molecule has 0 N–H and O–H groups in total. The summed E-state index contributed by atoms with van der Waals surface area (Å²) in [7, 11) is 0. The largest absolute Gasteiger partial charge is 0.311 e. The van der Waals surface area contributed by atoms with Crippen LogP contribution in [0.4, 0.5) is 34.1 Å². The monoisotopic (exact) mass is 977 g/mol. The van der Waals surface area contributed by atoms with E-state index in [4.69, 9.17) is 0 Å². The number of hydrogen-bond donors (Lipinski definition) is 0. The number of allylic oxidation sites excluding steroid dienone is 4. The second-order valence-corrected chi connectivity index (χ2v) is 28.7. The van der Waals surface area contributed by atoms with Gasteiger partial charge in [-0.25, -0.2) is 0 Å². The number of nitrogens with zero attached hydrogens (tertiary/aromatic N) is 2. The van der Waals surface area contributed by atoms with Crippen LogP contribution in [-0.4, -0.2) is 6.71 Å². The number of aryl methyl sites for hydroxylation is 1. The highest BCUT2D eigenvalue weighted by Crippen LogP contribution is 2.55. The quantitative estimate of drug-likeness (QED) is 0.162. The minimum Gasteiger partial charge on any atom is -0.311 e. The molecule has 0 radical (unpaired) electrons. The molecule has 0 amide bonds. The van der Waals surface area contributed by atoms with Crippen LogP contribution in [0.25, 0.3) is 15.7 Å². The predicted molar refractivity (Wildman–Crippen MR) is 319 cm³/mol. The molecular weight excluding hydrogens is 900 g/mol. The van der Waals surface area contributed by atoms with E-state index in [9.17, 15) is 0 Å². The molecule has 3 heterocycles. The smallest absolute Gasteiger partial charge is 0.264 e. The van der Waals surface area contributed by atoms with Crippen molar-refractivity contribution in [1.29, 1.82) is 0 Å². The zero-order valence-corrected chi connectivity index (χ0v) is 47.4. The average Bonchev–Trinajstić information content (AvgIpc) is 3.72. The number of anilines is 6. The third-order valence-electron chi connectivity index (χ3n) is 18.5. The molecule has 2 aliphatic heterocycles. The van der Waals surface area contributed by atoms with E-state index in [2.05, 4.69) is 241 Å². The Morgan fingerprint density at radius 3 is 1.81 bits per heavy atom. The third-order valence-corrected chi connectivity index (χ3v) is 19.7. The fourth-order valence-corrected chi connectivity index (χ4v) is 14.9. The molecule has 0 saturated heterocycles. The van der Waals surface area contributed by atoms with Gasteiger partial charge in [0.1, 0.15) is 0 Å². The molecule has 5 aliphatic rings. The first-order valence-corrected chi connectivity index (χ1v) is 28.4. The highest BCUT2D eigenvalue weighted by atomic mass is 32.1. The molecule has 372 valence electrons. The summed E-state index contributed by atoms with van der Waals surface area (Å²) in [6.07, 6.45) is 12.8. The van der Waals surface area contributed by atoms with Gasteiger partial charge in [0, 0.05) is 49.1 Å². The zero-order chi connectivity index (χ0) is 51.5. The first-order chi connectivity index (χ1) is 34.3. The lowest BCUT2D eigenvalue weighted by molar-refractivity contribution is 0.332. The lowest BCUT2D eigenvalue weighted by Gasteiger charge is -2.47. The van der Waals surface area contributed by atoms with Gasteiger partial charge < -0.3 is 9.80 Å². The maximum absolute atomic E-state index is 2.76. The van der Waals surface area contributed by atoms with E-state index in [1.54, 1.807) is 0 Å². The maximum Gasteiger partial charge on any atom is 0.264 e. The standard InChI is InChI=1S/C69H77BN2S/c1-42-34-58-61-59(35-42)72(56-28-24-46(64(2,3)4)37-49(56)45-23-19-22-44(36-45)43-20-17-16-18-21-43)62-50-38-47(65(5,6)7)25-29-60(50)73-63(62)70(61)55-40-53-54(69(14,15)33-32-68(53,12)13)41-57(55)71(58)48-26-27-51-52(39-48)67(10,11)31-30-66(51,8)9/h16-29,34-35,37-41,44H,30-33,36H2,1-15H3. The van der Waals surface area contributed by atoms with Crippen LogP contribution in [0.2, 0.25) is 0 Å². The van der Waals surface area contributed by atoms with E-state index in [0.717, 1.165) is 6.42 Å². The van der Waals surface area contributed by atoms with Gasteiger partial charge in [-0.15, -0.1) is 11.3 Å². The van der Waals surface area contributed by atoms with E-state index in [1.807, 2.05) is 11.3 Å².